The second-order valence-corrected chi connectivity index (χ2v) is 14.2. The quantitative estimate of drug-likeness (QED) is 0.159. The molecule has 9 heteroatoms. The largest absolute Gasteiger partial charge is 0.456 e. The van der Waals surface area contributed by atoms with Crippen LogP contribution < -0.4 is 43.7 Å². The molecule has 0 amide bonds. The summed E-state index contributed by atoms with van der Waals surface area (Å²) in [6.45, 7) is 0. The molecule has 0 aliphatic rings. The predicted octanol–water partition coefficient (Wildman–Crippen LogP) is 3.55. The molecule has 1 heterocycles. The topological polar surface area (TPSA) is 13.1 Å². The van der Waals surface area contributed by atoms with Crippen molar-refractivity contribution in [1.29, 1.82) is 0 Å². The van der Waals surface area contributed by atoms with Crippen LogP contribution in [0, 0.1) is 0 Å². The van der Waals surface area contributed by atoms with Crippen LogP contribution >= 0.6 is 0 Å². The fourth-order valence-electron chi connectivity index (χ4n) is 8.43. The van der Waals surface area contributed by atoms with Crippen molar-refractivity contribution in [2.24, 2.45) is 0 Å². The van der Waals surface area contributed by atoms with E-state index in [1.807, 2.05) is 42.5 Å². The summed E-state index contributed by atoms with van der Waals surface area (Å²) in [4.78, 5) is 0. The second kappa shape index (κ2) is 12.4. The molecule has 0 bridgehead atoms. The number of hydrogen-bond acceptors (Lipinski definition) is 1. The molecular formula is C46H20B8O. The van der Waals surface area contributed by atoms with Gasteiger partial charge in [0.05, 0.1) is 0 Å². The lowest BCUT2D eigenvalue weighted by atomic mass is 9.59. The zero-order valence-electron chi connectivity index (χ0n) is 29.6. The first kappa shape index (κ1) is 33.9. The fraction of sp³-hybridized carbons (Fsp3) is 0. The highest BCUT2D eigenvalue weighted by Gasteiger charge is 2.25. The Hall–Kier alpha value is -5.66. The van der Waals surface area contributed by atoms with Crippen molar-refractivity contribution in [2.45, 2.75) is 0 Å². The Bertz CT molecular complexity index is 3220. The first-order valence-electron chi connectivity index (χ1n) is 17.8. The monoisotopic (exact) mass is 676 g/mol. The van der Waals surface area contributed by atoms with Gasteiger partial charge in [-0.2, -0.15) is 0 Å². The maximum absolute atomic E-state index is 6.93. The summed E-state index contributed by atoms with van der Waals surface area (Å²) in [6, 6.07) is 41.3. The van der Waals surface area contributed by atoms with Crippen LogP contribution in [-0.4, -0.2) is 62.8 Å². The van der Waals surface area contributed by atoms with Crippen molar-refractivity contribution in [3.8, 4) is 33.4 Å². The van der Waals surface area contributed by atoms with E-state index in [0.29, 0.717) is 38.3 Å². The van der Waals surface area contributed by atoms with Gasteiger partial charge in [0.1, 0.15) is 73.9 Å². The molecule has 1 aromatic heterocycles. The number of fused-ring (bicyclic) bond motifs is 8. The summed E-state index contributed by atoms with van der Waals surface area (Å²) in [7, 11) is 53.8. The Morgan fingerprint density at radius 3 is 1.42 bits per heavy atom. The van der Waals surface area contributed by atoms with Crippen molar-refractivity contribution < 1.29 is 4.42 Å². The van der Waals surface area contributed by atoms with Crippen molar-refractivity contribution in [2.75, 3.05) is 0 Å². The lowest BCUT2D eigenvalue weighted by Gasteiger charge is -2.28. The van der Waals surface area contributed by atoms with Gasteiger partial charge in [0.2, 0.25) is 0 Å². The van der Waals surface area contributed by atoms with E-state index < -0.39 is 0 Å². The Labute approximate surface area is 329 Å². The van der Waals surface area contributed by atoms with E-state index >= 15 is 0 Å². The summed E-state index contributed by atoms with van der Waals surface area (Å²) < 4.78 is 6.50. The van der Waals surface area contributed by atoms with Crippen LogP contribution in [0.25, 0.3) is 98.4 Å². The van der Waals surface area contributed by atoms with Gasteiger partial charge in [-0.1, -0.05) is 113 Å². The summed E-state index contributed by atoms with van der Waals surface area (Å²) >= 11 is 0. The average Bonchev–Trinajstić information content (AvgIpc) is 3.59. The van der Waals surface area contributed by atoms with Crippen molar-refractivity contribution in [3.63, 3.8) is 0 Å². The van der Waals surface area contributed by atoms with E-state index in [0.717, 1.165) is 38.6 Å². The first-order valence-corrected chi connectivity index (χ1v) is 17.8. The Balaban J connectivity index is 1.24. The molecule has 0 unspecified atom stereocenters. The minimum Gasteiger partial charge on any atom is -0.456 e. The Morgan fingerprint density at radius 1 is 0.291 bits per heavy atom. The van der Waals surface area contributed by atoms with Gasteiger partial charge in [0.15, 0.2) is 0 Å². The maximum atomic E-state index is 6.93. The first-order chi connectivity index (χ1) is 26.6. The summed E-state index contributed by atoms with van der Waals surface area (Å²) in [5.74, 6) is 0. The summed E-state index contributed by atoms with van der Waals surface area (Å²) in [5, 5.41) is 8.98. The second-order valence-electron chi connectivity index (χ2n) is 14.2. The zero-order chi connectivity index (χ0) is 37.9. The molecule has 0 fully saturated rings. The van der Waals surface area contributed by atoms with Crippen LogP contribution in [-0.2, 0) is 0 Å². The van der Waals surface area contributed by atoms with Gasteiger partial charge in [-0.15, -0.1) is 21.9 Å². The molecule has 16 radical (unpaired) electrons. The third-order valence-electron chi connectivity index (χ3n) is 11.2. The fourth-order valence-corrected chi connectivity index (χ4v) is 8.43. The Kier molecular flexibility index (Phi) is 7.66. The molecule has 0 N–H and O–H groups in total. The number of hydrogen-bond donors (Lipinski definition) is 0. The lowest BCUT2D eigenvalue weighted by Crippen LogP contribution is -2.50. The van der Waals surface area contributed by atoms with Crippen molar-refractivity contribution >= 4 is 172 Å². The lowest BCUT2D eigenvalue weighted by molar-refractivity contribution is 0.669. The van der Waals surface area contributed by atoms with Crippen LogP contribution in [0.3, 0.4) is 0 Å². The molecule has 1 nitrogen and oxygen atoms in total. The molecular weight excluding hydrogens is 655 g/mol. The Morgan fingerprint density at radius 2 is 0.782 bits per heavy atom. The molecule has 10 aromatic rings. The van der Waals surface area contributed by atoms with Gasteiger partial charge >= 0.3 is 0 Å². The molecule has 0 saturated heterocycles. The third kappa shape index (κ3) is 4.91. The van der Waals surface area contributed by atoms with Crippen LogP contribution in [0.1, 0.15) is 0 Å². The van der Waals surface area contributed by atoms with E-state index in [1.165, 1.54) is 21.5 Å². The molecule has 0 aliphatic carbocycles. The van der Waals surface area contributed by atoms with E-state index in [1.54, 1.807) is 0 Å². The van der Waals surface area contributed by atoms with Crippen molar-refractivity contribution in [1.82, 2.24) is 0 Å². The molecule has 0 atom stereocenters. The number of furan rings is 1. The van der Waals surface area contributed by atoms with Crippen molar-refractivity contribution in [3.05, 3.63) is 121 Å². The smallest absolute Gasteiger partial charge is 0.136 e. The minimum atomic E-state index is 0.170. The van der Waals surface area contributed by atoms with Crippen LogP contribution in [0.2, 0.25) is 0 Å². The van der Waals surface area contributed by atoms with Crippen LogP contribution in [0.4, 0.5) is 0 Å². The molecule has 0 spiro atoms. The highest BCUT2D eigenvalue weighted by Crippen LogP contribution is 2.42. The van der Waals surface area contributed by atoms with Gasteiger partial charge in [-0.25, -0.2) is 0 Å². The van der Waals surface area contributed by atoms with Gasteiger partial charge in [0.25, 0.3) is 0 Å². The van der Waals surface area contributed by atoms with E-state index in [-0.39, 0.29) is 43.7 Å². The van der Waals surface area contributed by atoms with Crippen LogP contribution in [0.15, 0.2) is 126 Å². The van der Waals surface area contributed by atoms with Gasteiger partial charge in [0, 0.05) is 10.8 Å². The average molecular weight is 675 g/mol. The predicted molar refractivity (Wildman–Crippen MR) is 243 cm³/mol. The SMILES string of the molecule is [B]c1c([B])c([B])c2c(-c3ccc4oc5cc(-c6ccc7c(ccc8ccccc87)c6)ccc5c4c3)c3c([B])c([B])c([B])c([B])c3c(-c3ccccc3)c2c1[B]. The molecule has 0 aliphatic heterocycles. The van der Waals surface area contributed by atoms with Gasteiger partial charge in [-0.3, -0.25) is 0 Å². The number of rotatable bonds is 3. The zero-order valence-corrected chi connectivity index (χ0v) is 29.6. The van der Waals surface area contributed by atoms with E-state index in [9.17, 15) is 0 Å². The summed E-state index contributed by atoms with van der Waals surface area (Å²) in [6.07, 6.45) is 0. The highest BCUT2D eigenvalue weighted by molar-refractivity contribution is 6.71. The summed E-state index contributed by atoms with van der Waals surface area (Å²) in [5.41, 5.74) is 8.23. The maximum Gasteiger partial charge on any atom is 0.136 e. The van der Waals surface area contributed by atoms with Gasteiger partial charge in [-0.05, 0) is 107 Å². The highest BCUT2D eigenvalue weighted by atomic mass is 16.3. The molecule has 10 rings (SSSR count). The van der Waals surface area contributed by atoms with Gasteiger partial charge < -0.3 is 4.42 Å². The number of benzene rings is 9. The van der Waals surface area contributed by atoms with E-state index in [4.69, 9.17) is 67.2 Å². The molecule has 55 heavy (non-hydrogen) atoms. The molecule has 0 saturated carbocycles. The standard InChI is InChI=1S/C46H20B8O/c47-39-35-33(22-7-2-1-3-8-22)36-38(42(50)46(54)44(52)40(36)48)34(37(35)41(49)45(53)43(39)51)26-14-17-31-30(19-26)29-16-13-24(20-32(29)55-31)23-12-15-28-25(18-23)11-10-21-6-4-5-9-27(21)28/h1-20H. The normalized spacial score (nSPS) is 11.9. The van der Waals surface area contributed by atoms with Crippen LogP contribution in [0.5, 0.6) is 0 Å². The molecule has 234 valence electrons. The molecule has 9 aromatic carbocycles. The van der Waals surface area contributed by atoms with E-state index in [2.05, 4.69) is 78.9 Å². The third-order valence-corrected chi connectivity index (χ3v) is 11.2. The minimum absolute atomic E-state index is 0.170.